The first-order chi connectivity index (χ1) is 10.4. The second-order valence-corrected chi connectivity index (χ2v) is 5.05. The van der Waals surface area contributed by atoms with E-state index >= 15 is 0 Å². The zero-order valence-electron chi connectivity index (χ0n) is 10.8. The highest BCUT2D eigenvalue weighted by Crippen LogP contribution is 2.27. The number of amides is 1. The number of halogens is 5. The number of furan rings is 1. The van der Waals surface area contributed by atoms with E-state index in [1.165, 1.54) is 6.26 Å². The van der Waals surface area contributed by atoms with Crippen LogP contribution in [0.1, 0.15) is 5.76 Å². The van der Waals surface area contributed by atoms with Gasteiger partial charge in [0.05, 0.1) is 17.8 Å². The molecule has 0 aliphatic rings. The molecule has 0 aliphatic heterocycles. The molecule has 1 aromatic carbocycles. The van der Waals surface area contributed by atoms with E-state index in [9.17, 15) is 26.7 Å². The van der Waals surface area contributed by atoms with E-state index in [1.54, 1.807) is 17.4 Å². The number of hydrogen-bond donors (Lipinski definition) is 1. The molecule has 1 aromatic heterocycles. The number of thioether (sulfide) groups is 1. The summed E-state index contributed by atoms with van der Waals surface area (Å²) in [6, 6.07) is 3.31. The molecule has 118 valence electrons. The number of carbonyl (C=O) groups excluding carboxylic acids is 1. The van der Waals surface area contributed by atoms with Crippen LogP contribution in [0.15, 0.2) is 22.8 Å². The second kappa shape index (κ2) is 6.82. The van der Waals surface area contributed by atoms with Gasteiger partial charge in [0.15, 0.2) is 23.3 Å². The van der Waals surface area contributed by atoms with Crippen molar-refractivity contribution in [2.45, 2.75) is 5.75 Å². The van der Waals surface area contributed by atoms with E-state index in [0.717, 1.165) is 11.8 Å². The van der Waals surface area contributed by atoms with Gasteiger partial charge < -0.3 is 9.73 Å². The molecule has 0 spiro atoms. The molecule has 1 N–H and O–H groups in total. The maximum atomic E-state index is 13.4. The van der Waals surface area contributed by atoms with Gasteiger partial charge in [0.25, 0.3) is 0 Å². The van der Waals surface area contributed by atoms with Gasteiger partial charge in [-0.25, -0.2) is 22.0 Å². The summed E-state index contributed by atoms with van der Waals surface area (Å²) in [6.45, 7) is 0. The van der Waals surface area contributed by atoms with E-state index < -0.39 is 40.7 Å². The Hall–Kier alpha value is -2.03. The van der Waals surface area contributed by atoms with Crippen molar-refractivity contribution < 1.29 is 31.2 Å². The first-order valence-electron chi connectivity index (χ1n) is 5.83. The molecule has 0 fully saturated rings. The number of hydrogen-bond acceptors (Lipinski definition) is 3. The van der Waals surface area contributed by atoms with E-state index in [0.29, 0.717) is 11.5 Å². The zero-order chi connectivity index (χ0) is 16.3. The normalized spacial score (nSPS) is 10.8. The van der Waals surface area contributed by atoms with Gasteiger partial charge in [0.2, 0.25) is 11.7 Å². The lowest BCUT2D eigenvalue weighted by Gasteiger charge is -2.09. The molecule has 0 radical (unpaired) electrons. The van der Waals surface area contributed by atoms with Crippen molar-refractivity contribution in [3.05, 3.63) is 53.2 Å². The second-order valence-electron chi connectivity index (χ2n) is 4.07. The van der Waals surface area contributed by atoms with Gasteiger partial charge in [-0.1, -0.05) is 0 Å². The highest BCUT2D eigenvalue weighted by Gasteiger charge is 2.26. The fourth-order valence-electron chi connectivity index (χ4n) is 1.53. The van der Waals surface area contributed by atoms with Crippen LogP contribution >= 0.6 is 11.8 Å². The van der Waals surface area contributed by atoms with Crippen molar-refractivity contribution in [3.63, 3.8) is 0 Å². The van der Waals surface area contributed by atoms with Gasteiger partial charge in [-0.15, -0.1) is 11.8 Å². The lowest BCUT2D eigenvalue weighted by Crippen LogP contribution is -2.18. The predicted molar refractivity (Wildman–Crippen MR) is 69.7 cm³/mol. The van der Waals surface area contributed by atoms with Gasteiger partial charge in [-0.2, -0.15) is 0 Å². The van der Waals surface area contributed by atoms with Gasteiger partial charge >= 0.3 is 0 Å². The standard InChI is InChI=1S/C13H8F5NO2S/c14-8-9(15)11(17)13(12(18)10(8)16)19-7(20)5-22-4-6-2-1-3-21-6/h1-3H,4-5H2,(H,19,20). The number of benzene rings is 1. The number of anilines is 1. The topological polar surface area (TPSA) is 42.2 Å². The molecule has 3 nitrogen and oxygen atoms in total. The minimum atomic E-state index is -2.28. The average molecular weight is 337 g/mol. The third-order valence-electron chi connectivity index (χ3n) is 2.53. The molecule has 0 bridgehead atoms. The Kier molecular flexibility index (Phi) is 5.07. The van der Waals surface area contributed by atoms with E-state index in [1.807, 2.05) is 0 Å². The largest absolute Gasteiger partial charge is 0.468 e. The van der Waals surface area contributed by atoms with Crippen molar-refractivity contribution in [2.24, 2.45) is 0 Å². The van der Waals surface area contributed by atoms with Crippen molar-refractivity contribution >= 4 is 23.4 Å². The van der Waals surface area contributed by atoms with Crippen LogP contribution in [0.2, 0.25) is 0 Å². The maximum absolute atomic E-state index is 13.4. The molecule has 0 aliphatic carbocycles. The van der Waals surface area contributed by atoms with Crippen LogP contribution in [0.25, 0.3) is 0 Å². The smallest absolute Gasteiger partial charge is 0.234 e. The Labute approximate surface area is 125 Å². The first-order valence-corrected chi connectivity index (χ1v) is 6.98. The summed E-state index contributed by atoms with van der Waals surface area (Å²) in [5.74, 6) is -10.9. The molecule has 0 unspecified atom stereocenters. The van der Waals surface area contributed by atoms with Crippen molar-refractivity contribution in [1.82, 2.24) is 0 Å². The predicted octanol–water partition coefficient (Wildman–Crippen LogP) is 3.85. The number of rotatable bonds is 5. The molecule has 0 saturated heterocycles. The molecule has 0 atom stereocenters. The highest BCUT2D eigenvalue weighted by atomic mass is 32.2. The lowest BCUT2D eigenvalue weighted by atomic mass is 10.2. The number of carbonyl (C=O) groups is 1. The fourth-order valence-corrected chi connectivity index (χ4v) is 2.25. The summed E-state index contributed by atoms with van der Waals surface area (Å²) < 4.78 is 70.5. The van der Waals surface area contributed by atoms with Crippen molar-refractivity contribution in [3.8, 4) is 0 Å². The molecule has 9 heteroatoms. The third kappa shape index (κ3) is 3.41. The first kappa shape index (κ1) is 16.3. The molecule has 2 rings (SSSR count). The Morgan fingerprint density at radius 3 is 2.18 bits per heavy atom. The third-order valence-corrected chi connectivity index (χ3v) is 3.49. The zero-order valence-corrected chi connectivity index (χ0v) is 11.6. The molecular weight excluding hydrogens is 329 g/mol. The summed E-state index contributed by atoms with van der Waals surface area (Å²) in [7, 11) is 0. The molecule has 0 saturated carbocycles. The Morgan fingerprint density at radius 2 is 1.64 bits per heavy atom. The van der Waals surface area contributed by atoms with E-state index in [2.05, 4.69) is 0 Å². The minimum Gasteiger partial charge on any atom is -0.468 e. The fraction of sp³-hybridized carbons (Fsp3) is 0.154. The molecule has 1 heterocycles. The Bertz CT molecular complexity index is 661. The van der Waals surface area contributed by atoms with E-state index in [-0.39, 0.29) is 5.75 Å². The summed E-state index contributed by atoms with van der Waals surface area (Å²) in [5, 5.41) is 1.68. The van der Waals surface area contributed by atoms with Crippen LogP contribution in [0, 0.1) is 29.1 Å². The SMILES string of the molecule is O=C(CSCc1ccco1)Nc1c(F)c(F)c(F)c(F)c1F. The maximum Gasteiger partial charge on any atom is 0.234 e. The van der Waals surface area contributed by atoms with Crippen LogP contribution in [-0.4, -0.2) is 11.7 Å². The van der Waals surface area contributed by atoms with Gasteiger partial charge in [-0.05, 0) is 12.1 Å². The monoisotopic (exact) mass is 337 g/mol. The summed E-state index contributed by atoms with van der Waals surface area (Å²) >= 11 is 1.05. The molecule has 1 amide bonds. The Morgan fingerprint density at radius 1 is 1.05 bits per heavy atom. The molecular formula is C13H8F5NO2S. The average Bonchev–Trinajstić information content (AvgIpc) is 3.01. The summed E-state index contributed by atoms with van der Waals surface area (Å²) in [4.78, 5) is 11.5. The van der Waals surface area contributed by atoms with E-state index in [4.69, 9.17) is 4.42 Å². The van der Waals surface area contributed by atoms with Gasteiger partial charge in [0.1, 0.15) is 11.4 Å². The van der Waals surface area contributed by atoms with Gasteiger partial charge in [0, 0.05) is 0 Å². The minimum absolute atomic E-state index is 0.250. The molecule has 2 aromatic rings. The van der Waals surface area contributed by atoms with Crippen LogP contribution in [0.3, 0.4) is 0 Å². The van der Waals surface area contributed by atoms with Crippen LogP contribution in [0.4, 0.5) is 27.6 Å². The molecule has 22 heavy (non-hydrogen) atoms. The van der Waals surface area contributed by atoms with Crippen LogP contribution < -0.4 is 5.32 Å². The quantitative estimate of drug-likeness (QED) is 0.512. The number of nitrogens with one attached hydrogen (secondary N) is 1. The Balaban J connectivity index is 2.02. The van der Waals surface area contributed by atoms with Crippen molar-refractivity contribution in [1.29, 1.82) is 0 Å². The summed E-state index contributed by atoms with van der Waals surface area (Å²) in [5.41, 5.74) is -1.36. The van der Waals surface area contributed by atoms with Crippen LogP contribution in [0.5, 0.6) is 0 Å². The van der Waals surface area contributed by atoms with Crippen LogP contribution in [-0.2, 0) is 10.5 Å². The highest BCUT2D eigenvalue weighted by molar-refractivity contribution is 7.99. The van der Waals surface area contributed by atoms with Crippen molar-refractivity contribution in [2.75, 3.05) is 11.1 Å². The lowest BCUT2D eigenvalue weighted by molar-refractivity contribution is -0.113. The van der Waals surface area contributed by atoms with Gasteiger partial charge in [-0.3, -0.25) is 4.79 Å². The summed E-state index contributed by atoms with van der Waals surface area (Å²) in [6.07, 6.45) is 1.44.